The molecule has 158 valence electrons. The van der Waals surface area contributed by atoms with Crippen LogP contribution in [0.15, 0.2) is 72.0 Å². The predicted octanol–water partition coefficient (Wildman–Crippen LogP) is 4.05. The van der Waals surface area contributed by atoms with Crippen LogP contribution in [-0.4, -0.2) is 29.7 Å². The molecule has 0 saturated heterocycles. The summed E-state index contributed by atoms with van der Waals surface area (Å²) in [6, 6.07) is 13.7. The van der Waals surface area contributed by atoms with Gasteiger partial charge >= 0.3 is 0 Å². The van der Waals surface area contributed by atoms with Gasteiger partial charge in [-0.15, -0.1) is 5.10 Å². The van der Waals surface area contributed by atoms with E-state index >= 15 is 0 Å². The third-order valence-corrected chi connectivity index (χ3v) is 5.43. The minimum Gasteiger partial charge on any atom is -0.503 e. The monoisotopic (exact) mass is 415 g/mol. The van der Waals surface area contributed by atoms with E-state index < -0.39 is 0 Å². The van der Waals surface area contributed by atoms with Crippen LogP contribution in [0.4, 0.5) is 0 Å². The number of benzene rings is 1. The number of aromatic hydroxyl groups is 1. The molecule has 0 saturated carbocycles. The SMILES string of the molecule is Cc1c(O)c(=O)ccn1CCCCCn1cc(-c2ccc(-c3ccncc3)cc2)nn1. The number of hydrogen-bond donors (Lipinski definition) is 1. The molecule has 0 aliphatic heterocycles. The Morgan fingerprint density at radius 1 is 0.871 bits per heavy atom. The van der Waals surface area contributed by atoms with E-state index in [1.165, 1.54) is 6.07 Å². The first-order valence-corrected chi connectivity index (χ1v) is 10.4. The lowest BCUT2D eigenvalue weighted by Gasteiger charge is -2.11. The zero-order valence-corrected chi connectivity index (χ0v) is 17.5. The molecule has 4 rings (SSSR count). The van der Waals surface area contributed by atoms with E-state index in [-0.39, 0.29) is 11.2 Å². The van der Waals surface area contributed by atoms with Crippen LogP contribution >= 0.6 is 0 Å². The summed E-state index contributed by atoms with van der Waals surface area (Å²) in [4.78, 5) is 15.5. The molecule has 4 aromatic rings. The zero-order valence-electron chi connectivity index (χ0n) is 17.5. The topological polar surface area (TPSA) is 85.8 Å². The largest absolute Gasteiger partial charge is 0.503 e. The molecule has 0 aliphatic rings. The molecule has 1 aromatic carbocycles. The van der Waals surface area contributed by atoms with Crippen LogP contribution in [0.25, 0.3) is 22.4 Å². The quantitative estimate of drug-likeness (QED) is 0.439. The van der Waals surface area contributed by atoms with Gasteiger partial charge < -0.3 is 9.67 Å². The molecular weight excluding hydrogens is 390 g/mol. The van der Waals surface area contributed by atoms with Crippen LogP contribution in [0, 0.1) is 6.92 Å². The Kier molecular flexibility index (Phi) is 6.21. The van der Waals surface area contributed by atoms with Crippen molar-refractivity contribution in [3.05, 3.63) is 83.2 Å². The molecule has 0 spiro atoms. The Balaban J connectivity index is 1.28. The van der Waals surface area contributed by atoms with E-state index in [1.807, 2.05) is 27.6 Å². The molecule has 0 aliphatic carbocycles. The Morgan fingerprint density at radius 3 is 2.32 bits per heavy atom. The Bertz CT molecular complexity index is 1200. The van der Waals surface area contributed by atoms with Gasteiger partial charge in [0.25, 0.3) is 0 Å². The van der Waals surface area contributed by atoms with Crippen LogP contribution in [0.3, 0.4) is 0 Å². The second-order valence-electron chi connectivity index (χ2n) is 7.55. The first kappa shape index (κ1) is 20.5. The summed E-state index contributed by atoms with van der Waals surface area (Å²) in [7, 11) is 0. The van der Waals surface area contributed by atoms with Gasteiger partial charge in [-0.2, -0.15) is 0 Å². The fraction of sp³-hybridized carbons (Fsp3) is 0.250. The molecule has 0 unspecified atom stereocenters. The van der Waals surface area contributed by atoms with Gasteiger partial charge in [-0.05, 0) is 49.4 Å². The number of hydrogen-bond acceptors (Lipinski definition) is 5. The lowest BCUT2D eigenvalue weighted by molar-refractivity contribution is 0.448. The summed E-state index contributed by atoms with van der Waals surface area (Å²) in [6.45, 7) is 3.33. The van der Waals surface area contributed by atoms with Crippen molar-refractivity contribution >= 4 is 0 Å². The van der Waals surface area contributed by atoms with Gasteiger partial charge in [0.15, 0.2) is 5.75 Å². The molecule has 0 amide bonds. The first-order valence-electron chi connectivity index (χ1n) is 10.4. The van der Waals surface area contributed by atoms with E-state index in [0.717, 1.165) is 54.7 Å². The van der Waals surface area contributed by atoms with Crippen molar-refractivity contribution < 1.29 is 5.11 Å². The molecule has 0 bridgehead atoms. The van der Waals surface area contributed by atoms with E-state index in [9.17, 15) is 9.90 Å². The van der Waals surface area contributed by atoms with Gasteiger partial charge in [-0.25, -0.2) is 0 Å². The number of aryl methyl sites for hydroxylation is 2. The van der Waals surface area contributed by atoms with E-state index in [1.54, 1.807) is 25.5 Å². The van der Waals surface area contributed by atoms with Gasteiger partial charge in [0.05, 0.1) is 11.9 Å². The van der Waals surface area contributed by atoms with E-state index in [0.29, 0.717) is 5.69 Å². The summed E-state index contributed by atoms with van der Waals surface area (Å²) in [5.41, 5.74) is 4.46. The van der Waals surface area contributed by atoms with Crippen molar-refractivity contribution in [3.8, 4) is 28.1 Å². The second kappa shape index (κ2) is 9.38. The number of unbranched alkanes of at least 4 members (excludes halogenated alkanes) is 2. The number of rotatable bonds is 8. The third kappa shape index (κ3) is 4.88. The van der Waals surface area contributed by atoms with Crippen LogP contribution < -0.4 is 5.43 Å². The van der Waals surface area contributed by atoms with Crippen LogP contribution in [-0.2, 0) is 13.1 Å². The number of pyridine rings is 2. The van der Waals surface area contributed by atoms with Crippen molar-refractivity contribution in [2.75, 3.05) is 0 Å². The molecule has 7 nitrogen and oxygen atoms in total. The standard InChI is InChI=1S/C24H25N5O2/c1-18-24(31)23(30)11-16-28(18)14-3-2-4-15-29-17-22(26-27-29)21-7-5-19(6-8-21)20-9-12-25-13-10-20/h5-13,16-17,31H,2-4,14-15H2,1H3. The van der Waals surface area contributed by atoms with Crippen LogP contribution in [0.5, 0.6) is 5.75 Å². The Hall–Kier alpha value is -3.74. The summed E-state index contributed by atoms with van der Waals surface area (Å²) in [6.07, 6.45) is 10.3. The predicted molar refractivity (Wildman–Crippen MR) is 120 cm³/mol. The highest BCUT2D eigenvalue weighted by Crippen LogP contribution is 2.23. The van der Waals surface area contributed by atoms with Crippen molar-refractivity contribution in [2.24, 2.45) is 0 Å². The van der Waals surface area contributed by atoms with Crippen molar-refractivity contribution in [1.29, 1.82) is 0 Å². The van der Waals surface area contributed by atoms with Gasteiger partial charge in [-0.3, -0.25) is 14.5 Å². The second-order valence-corrected chi connectivity index (χ2v) is 7.55. The van der Waals surface area contributed by atoms with Crippen molar-refractivity contribution in [2.45, 2.75) is 39.3 Å². The molecule has 7 heteroatoms. The first-order chi connectivity index (χ1) is 15.1. The fourth-order valence-electron chi connectivity index (χ4n) is 3.56. The van der Waals surface area contributed by atoms with E-state index in [2.05, 4.69) is 39.6 Å². The Morgan fingerprint density at radius 2 is 1.55 bits per heavy atom. The summed E-state index contributed by atoms with van der Waals surface area (Å²) < 4.78 is 3.79. The molecule has 0 radical (unpaired) electrons. The number of nitrogens with zero attached hydrogens (tertiary/aromatic N) is 5. The Labute approximate surface area is 180 Å². The summed E-state index contributed by atoms with van der Waals surface area (Å²) in [5, 5.41) is 18.3. The highest BCUT2D eigenvalue weighted by molar-refractivity contribution is 5.68. The van der Waals surface area contributed by atoms with E-state index in [4.69, 9.17) is 0 Å². The van der Waals surface area contributed by atoms with Gasteiger partial charge in [0, 0.05) is 43.3 Å². The minimum atomic E-state index is -0.331. The summed E-state index contributed by atoms with van der Waals surface area (Å²) >= 11 is 0. The van der Waals surface area contributed by atoms with Gasteiger partial charge in [0.1, 0.15) is 5.69 Å². The smallest absolute Gasteiger partial charge is 0.223 e. The molecule has 1 N–H and O–H groups in total. The molecule has 3 heterocycles. The maximum atomic E-state index is 11.4. The average Bonchev–Trinajstić information content (AvgIpc) is 3.28. The van der Waals surface area contributed by atoms with Gasteiger partial charge in [-0.1, -0.05) is 29.5 Å². The molecule has 3 aromatic heterocycles. The molecule has 31 heavy (non-hydrogen) atoms. The van der Waals surface area contributed by atoms with Crippen LogP contribution in [0.1, 0.15) is 25.0 Å². The average molecular weight is 415 g/mol. The normalized spacial score (nSPS) is 11.0. The maximum absolute atomic E-state index is 11.4. The zero-order chi connectivity index (χ0) is 21.6. The minimum absolute atomic E-state index is 0.161. The lowest BCUT2D eigenvalue weighted by atomic mass is 10.0. The highest BCUT2D eigenvalue weighted by Gasteiger charge is 2.06. The van der Waals surface area contributed by atoms with Gasteiger partial charge in [0.2, 0.25) is 5.43 Å². The molecule has 0 atom stereocenters. The van der Waals surface area contributed by atoms with Crippen LogP contribution in [0.2, 0.25) is 0 Å². The maximum Gasteiger partial charge on any atom is 0.223 e. The molecule has 0 fully saturated rings. The third-order valence-electron chi connectivity index (χ3n) is 5.43. The molecular formula is C24H25N5O2. The number of aromatic nitrogens is 5. The lowest BCUT2D eigenvalue weighted by Crippen LogP contribution is -2.10. The fourth-order valence-corrected chi connectivity index (χ4v) is 3.56. The van der Waals surface area contributed by atoms with Crippen molar-refractivity contribution in [3.63, 3.8) is 0 Å². The highest BCUT2D eigenvalue weighted by atomic mass is 16.3. The van der Waals surface area contributed by atoms with Crippen molar-refractivity contribution in [1.82, 2.24) is 24.5 Å². The summed E-state index contributed by atoms with van der Waals surface area (Å²) in [5.74, 6) is -0.161.